The third kappa shape index (κ3) is 3.81. The van der Waals surface area contributed by atoms with E-state index >= 15 is 0 Å². The predicted molar refractivity (Wildman–Crippen MR) is 83.0 cm³/mol. The molecule has 3 nitrogen and oxygen atoms in total. The van der Waals surface area contributed by atoms with Gasteiger partial charge in [-0.05, 0) is 37.3 Å². The lowest BCUT2D eigenvalue weighted by molar-refractivity contribution is 0.0947. The highest BCUT2D eigenvalue weighted by Gasteiger charge is 2.15. The zero-order chi connectivity index (χ0) is 16.1. The monoisotopic (exact) mass is 304 g/mol. The Hall–Kier alpha value is -2.43. The lowest BCUT2D eigenvalue weighted by Gasteiger charge is -2.27. The number of benzene rings is 2. The SMILES string of the molecule is CC(CNC(=O)c1cc(F)ccc1F)N(C)c1ccccc1. The van der Waals surface area contributed by atoms with Crippen molar-refractivity contribution in [2.24, 2.45) is 0 Å². The Labute approximate surface area is 128 Å². The van der Waals surface area contributed by atoms with Crippen molar-refractivity contribution in [3.05, 3.63) is 65.7 Å². The number of amides is 1. The van der Waals surface area contributed by atoms with Crippen LogP contribution in [0.3, 0.4) is 0 Å². The molecular weight excluding hydrogens is 286 g/mol. The van der Waals surface area contributed by atoms with Crippen molar-refractivity contribution >= 4 is 11.6 Å². The van der Waals surface area contributed by atoms with Gasteiger partial charge in [-0.15, -0.1) is 0 Å². The van der Waals surface area contributed by atoms with Gasteiger partial charge in [-0.2, -0.15) is 0 Å². The molecule has 0 spiro atoms. The molecule has 0 fully saturated rings. The number of likely N-dealkylation sites (N-methyl/N-ethyl adjacent to an activating group) is 1. The minimum absolute atomic E-state index is 0.00275. The summed E-state index contributed by atoms with van der Waals surface area (Å²) in [6.45, 7) is 2.26. The molecule has 5 heteroatoms. The molecule has 0 aliphatic heterocycles. The Kier molecular flexibility index (Phi) is 5.09. The van der Waals surface area contributed by atoms with Crippen LogP contribution in [-0.2, 0) is 0 Å². The first-order valence-electron chi connectivity index (χ1n) is 7.00. The summed E-state index contributed by atoms with van der Waals surface area (Å²) in [5.74, 6) is -1.99. The Bertz CT molecular complexity index is 646. The average molecular weight is 304 g/mol. The summed E-state index contributed by atoms with van der Waals surface area (Å²) >= 11 is 0. The third-order valence-electron chi connectivity index (χ3n) is 3.56. The van der Waals surface area contributed by atoms with E-state index in [1.807, 2.05) is 49.2 Å². The summed E-state index contributed by atoms with van der Waals surface area (Å²) in [5.41, 5.74) is 0.732. The Balaban J connectivity index is 1.97. The largest absolute Gasteiger partial charge is 0.370 e. The molecule has 2 aromatic rings. The first-order chi connectivity index (χ1) is 10.5. The van der Waals surface area contributed by atoms with Crippen molar-refractivity contribution in [2.45, 2.75) is 13.0 Å². The minimum atomic E-state index is -0.733. The van der Waals surface area contributed by atoms with Crippen LogP contribution in [-0.4, -0.2) is 25.5 Å². The molecule has 0 aliphatic carbocycles. The van der Waals surface area contributed by atoms with Gasteiger partial charge in [-0.1, -0.05) is 18.2 Å². The average Bonchev–Trinajstić information content (AvgIpc) is 2.54. The van der Waals surface area contributed by atoms with E-state index < -0.39 is 17.5 Å². The van der Waals surface area contributed by atoms with Crippen LogP contribution in [0.25, 0.3) is 0 Å². The van der Waals surface area contributed by atoms with Gasteiger partial charge in [0, 0.05) is 25.3 Å². The smallest absolute Gasteiger partial charge is 0.254 e. The second kappa shape index (κ2) is 7.02. The van der Waals surface area contributed by atoms with Gasteiger partial charge in [-0.25, -0.2) is 8.78 Å². The van der Waals surface area contributed by atoms with Crippen molar-refractivity contribution in [1.82, 2.24) is 5.32 Å². The van der Waals surface area contributed by atoms with Gasteiger partial charge in [0.1, 0.15) is 11.6 Å². The van der Waals surface area contributed by atoms with Crippen molar-refractivity contribution in [2.75, 3.05) is 18.5 Å². The molecule has 0 radical (unpaired) electrons. The minimum Gasteiger partial charge on any atom is -0.370 e. The second-order valence-electron chi connectivity index (χ2n) is 5.13. The summed E-state index contributed by atoms with van der Waals surface area (Å²) in [5, 5.41) is 2.63. The highest BCUT2D eigenvalue weighted by atomic mass is 19.1. The Morgan fingerprint density at radius 2 is 1.86 bits per heavy atom. The summed E-state index contributed by atoms with van der Waals surface area (Å²) in [6.07, 6.45) is 0. The molecule has 0 aromatic heterocycles. The molecule has 116 valence electrons. The predicted octanol–water partition coefficient (Wildman–Crippen LogP) is 3.22. The number of nitrogens with one attached hydrogen (secondary N) is 1. The standard InChI is InChI=1S/C17H18F2N2O/c1-12(21(2)14-6-4-3-5-7-14)11-20-17(22)15-10-13(18)8-9-16(15)19/h3-10,12H,11H2,1-2H3,(H,20,22). The van der Waals surface area contributed by atoms with Crippen LogP contribution in [0.15, 0.2) is 48.5 Å². The van der Waals surface area contributed by atoms with Gasteiger partial charge in [0.25, 0.3) is 5.91 Å². The lowest BCUT2D eigenvalue weighted by Crippen LogP contribution is -2.40. The van der Waals surface area contributed by atoms with Crippen molar-refractivity contribution < 1.29 is 13.6 Å². The number of rotatable bonds is 5. The number of hydrogen-bond acceptors (Lipinski definition) is 2. The maximum absolute atomic E-state index is 13.5. The maximum Gasteiger partial charge on any atom is 0.254 e. The van der Waals surface area contributed by atoms with E-state index in [2.05, 4.69) is 5.32 Å². The normalized spacial score (nSPS) is 11.8. The van der Waals surface area contributed by atoms with Gasteiger partial charge in [0.05, 0.1) is 5.56 Å². The molecule has 2 aromatic carbocycles. The zero-order valence-corrected chi connectivity index (χ0v) is 12.5. The first-order valence-corrected chi connectivity index (χ1v) is 7.00. The molecule has 22 heavy (non-hydrogen) atoms. The van der Waals surface area contributed by atoms with Crippen LogP contribution in [0, 0.1) is 11.6 Å². The molecular formula is C17H18F2N2O. The van der Waals surface area contributed by atoms with Gasteiger partial charge >= 0.3 is 0 Å². The van der Waals surface area contributed by atoms with Crippen LogP contribution < -0.4 is 10.2 Å². The number of nitrogens with zero attached hydrogens (tertiary/aromatic N) is 1. The van der Waals surface area contributed by atoms with E-state index in [4.69, 9.17) is 0 Å². The van der Waals surface area contributed by atoms with Crippen LogP contribution in [0.4, 0.5) is 14.5 Å². The number of para-hydroxylation sites is 1. The van der Waals surface area contributed by atoms with E-state index in [1.54, 1.807) is 0 Å². The van der Waals surface area contributed by atoms with Gasteiger partial charge in [0.2, 0.25) is 0 Å². The fraction of sp³-hybridized carbons (Fsp3) is 0.235. The molecule has 0 heterocycles. The summed E-state index contributed by atoms with van der Waals surface area (Å²) in [6, 6.07) is 12.5. The fourth-order valence-corrected chi connectivity index (χ4v) is 2.06. The first kappa shape index (κ1) is 15.9. The Morgan fingerprint density at radius 3 is 2.55 bits per heavy atom. The molecule has 0 bridgehead atoms. The fourth-order valence-electron chi connectivity index (χ4n) is 2.06. The van der Waals surface area contributed by atoms with Crippen LogP contribution in [0.2, 0.25) is 0 Å². The molecule has 1 unspecified atom stereocenters. The van der Waals surface area contributed by atoms with E-state index in [1.165, 1.54) is 0 Å². The highest BCUT2D eigenvalue weighted by molar-refractivity contribution is 5.94. The van der Waals surface area contributed by atoms with Crippen LogP contribution >= 0.6 is 0 Å². The molecule has 0 aliphatic rings. The molecule has 1 N–H and O–H groups in total. The number of anilines is 1. The second-order valence-corrected chi connectivity index (χ2v) is 5.13. The molecule has 0 saturated heterocycles. The quantitative estimate of drug-likeness (QED) is 0.920. The van der Waals surface area contributed by atoms with Crippen molar-refractivity contribution in [1.29, 1.82) is 0 Å². The lowest BCUT2D eigenvalue weighted by atomic mass is 10.2. The van der Waals surface area contributed by atoms with Gasteiger partial charge < -0.3 is 10.2 Å². The topological polar surface area (TPSA) is 32.3 Å². The number of carbonyl (C=O) groups is 1. The van der Waals surface area contributed by atoms with Crippen molar-refractivity contribution in [3.63, 3.8) is 0 Å². The summed E-state index contributed by atoms with van der Waals surface area (Å²) in [4.78, 5) is 13.9. The molecule has 2 rings (SSSR count). The highest BCUT2D eigenvalue weighted by Crippen LogP contribution is 2.14. The summed E-state index contributed by atoms with van der Waals surface area (Å²) < 4.78 is 26.6. The number of halogens is 2. The van der Waals surface area contributed by atoms with E-state index in [0.29, 0.717) is 6.54 Å². The molecule has 0 saturated carbocycles. The molecule has 1 atom stereocenters. The van der Waals surface area contributed by atoms with E-state index in [-0.39, 0.29) is 11.6 Å². The Morgan fingerprint density at radius 1 is 1.18 bits per heavy atom. The van der Waals surface area contributed by atoms with Gasteiger partial charge in [0.15, 0.2) is 0 Å². The van der Waals surface area contributed by atoms with E-state index in [9.17, 15) is 13.6 Å². The van der Waals surface area contributed by atoms with Crippen LogP contribution in [0.5, 0.6) is 0 Å². The maximum atomic E-state index is 13.5. The number of hydrogen-bond donors (Lipinski definition) is 1. The number of carbonyl (C=O) groups excluding carboxylic acids is 1. The molecule has 1 amide bonds. The van der Waals surface area contributed by atoms with Crippen LogP contribution in [0.1, 0.15) is 17.3 Å². The van der Waals surface area contributed by atoms with Gasteiger partial charge in [-0.3, -0.25) is 4.79 Å². The van der Waals surface area contributed by atoms with Crippen molar-refractivity contribution in [3.8, 4) is 0 Å². The van der Waals surface area contributed by atoms with E-state index in [0.717, 1.165) is 23.9 Å². The summed E-state index contributed by atoms with van der Waals surface area (Å²) in [7, 11) is 1.91. The third-order valence-corrected chi connectivity index (χ3v) is 3.56. The zero-order valence-electron chi connectivity index (χ0n) is 12.5.